The molecule has 1 heterocycles. The minimum atomic E-state index is 0.594. The lowest BCUT2D eigenvalue weighted by atomic mass is 9.85. The van der Waals surface area contributed by atoms with Crippen LogP contribution in [-0.4, -0.2) is 30.6 Å². The molecule has 0 unspecified atom stereocenters. The fraction of sp³-hybridized carbons (Fsp3) is 0.471. The summed E-state index contributed by atoms with van der Waals surface area (Å²) in [4.78, 5) is 6.86. The molecule has 0 N–H and O–H groups in total. The molecule has 0 aliphatic heterocycles. The van der Waals surface area contributed by atoms with E-state index in [-0.39, 0.29) is 0 Å². The van der Waals surface area contributed by atoms with Gasteiger partial charge in [0.15, 0.2) is 0 Å². The lowest BCUT2D eigenvalue weighted by Gasteiger charge is -2.30. The lowest BCUT2D eigenvalue weighted by Crippen LogP contribution is -2.29. The highest BCUT2D eigenvalue weighted by molar-refractivity contribution is 6.30. The number of rotatable bonds is 5. The van der Waals surface area contributed by atoms with E-state index < -0.39 is 0 Å². The largest absolute Gasteiger partial charge is 0.497 e. The number of hydrogen-bond acceptors (Lipinski definition) is 3. The van der Waals surface area contributed by atoms with Gasteiger partial charge in [0.2, 0.25) is 0 Å². The van der Waals surface area contributed by atoms with E-state index >= 15 is 0 Å². The van der Waals surface area contributed by atoms with Crippen molar-refractivity contribution in [1.29, 1.82) is 0 Å². The third-order valence-electron chi connectivity index (χ3n) is 4.29. The molecule has 4 heteroatoms. The Morgan fingerprint density at radius 2 is 2.14 bits per heavy atom. The summed E-state index contributed by atoms with van der Waals surface area (Å²) in [6, 6.07) is 8.05. The first-order valence-corrected chi connectivity index (χ1v) is 7.85. The summed E-state index contributed by atoms with van der Waals surface area (Å²) in [5, 5.41) is 1.70. The Kier molecular flexibility index (Phi) is 4.32. The molecule has 1 aromatic heterocycles. The molecule has 112 valence electrons. The number of halogens is 1. The monoisotopic (exact) mass is 304 g/mol. The maximum atomic E-state index is 6.35. The summed E-state index contributed by atoms with van der Waals surface area (Å²) < 4.78 is 5.23. The summed E-state index contributed by atoms with van der Waals surface area (Å²) in [6.07, 6.45) is 4.13. The summed E-state index contributed by atoms with van der Waals surface area (Å²) >= 11 is 6.35. The molecule has 1 fully saturated rings. The van der Waals surface area contributed by atoms with E-state index in [1.165, 1.54) is 19.3 Å². The Bertz CT molecular complexity index is 640. The van der Waals surface area contributed by atoms with Crippen LogP contribution in [0, 0.1) is 5.92 Å². The SMILES string of the molecule is COc1ccc2cc(CN(C)CC3CCC3)c(Cl)nc2c1. The van der Waals surface area contributed by atoms with Gasteiger partial charge in [-0.05, 0) is 44.0 Å². The zero-order valence-electron chi connectivity index (χ0n) is 12.6. The Balaban J connectivity index is 1.79. The van der Waals surface area contributed by atoms with Gasteiger partial charge in [-0.3, -0.25) is 0 Å². The predicted octanol–water partition coefficient (Wildman–Crippen LogP) is 4.13. The zero-order valence-corrected chi connectivity index (χ0v) is 13.4. The number of fused-ring (bicyclic) bond motifs is 1. The molecule has 0 radical (unpaired) electrons. The first-order valence-electron chi connectivity index (χ1n) is 7.47. The van der Waals surface area contributed by atoms with Crippen molar-refractivity contribution in [2.24, 2.45) is 5.92 Å². The van der Waals surface area contributed by atoms with E-state index in [4.69, 9.17) is 16.3 Å². The molecule has 1 aliphatic rings. The molecular formula is C17H21ClN2O. The summed E-state index contributed by atoms with van der Waals surface area (Å²) in [7, 11) is 3.82. The maximum absolute atomic E-state index is 6.35. The molecule has 1 saturated carbocycles. The summed E-state index contributed by atoms with van der Waals surface area (Å²) in [6.45, 7) is 2.00. The second kappa shape index (κ2) is 6.20. The topological polar surface area (TPSA) is 25.4 Å². The Labute approximate surface area is 130 Å². The van der Waals surface area contributed by atoms with Crippen LogP contribution in [0.4, 0.5) is 0 Å². The van der Waals surface area contributed by atoms with E-state index in [1.807, 2.05) is 18.2 Å². The Morgan fingerprint density at radius 1 is 1.33 bits per heavy atom. The normalized spacial score (nSPS) is 15.4. The molecule has 1 aliphatic carbocycles. The summed E-state index contributed by atoms with van der Waals surface area (Å²) in [5.74, 6) is 1.67. The zero-order chi connectivity index (χ0) is 14.8. The second-order valence-electron chi connectivity index (χ2n) is 5.99. The van der Waals surface area contributed by atoms with E-state index in [9.17, 15) is 0 Å². The van der Waals surface area contributed by atoms with Gasteiger partial charge in [0.25, 0.3) is 0 Å². The average Bonchev–Trinajstić information content (AvgIpc) is 2.43. The van der Waals surface area contributed by atoms with Crippen LogP contribution >= 0.6 is 11.6 Å². The van der Waals surface area contributed by atoms with Crippen LogP contribution < -0.4 is 4.74 Å². The quantitative estimate of drug-likeness (QED) is 0.777. The highest BCUT2D eigenvalue weighted by Crippen LogP contribution is 2.28. The molecule has 1 aromatic carbocycles. The fourth-order valence-corrected chi connectivity index (χ4v) is 3.08. The van der Waals surface area contributed by atoms with Gasteiger partial charge in [0.05, 0.1) is 12.6 Å². The number of pyridine rings is 1. The van der Waals surface area contributed by atoms with E-state index in [0.717, 1.165) is 41.2 Å². The van der Waals surface area contributed by atoms with Crippen molar-refractivity contribution in [3.63, 3.8) is 0 Å². The van der Waals surface area contributed by atoms with Crippen LogP contribution in [0.25, 0.3) is 10.9 Å². The van der Waals surface area contributed by atoms with Crippen molar-refractivity contribution in [2.75, 3.05) is 20.7 Å². The van der Waals surface area contributed by atoms with Crippen LogP contribution in [0.1, 0.15) is 24.8 Å². The smallest absolute Gasteiger partial charge is 0.134 e. The molecular weight excluding hydrogens is 284 g/mol. The van der Waals surface area contributed by atoms with Gasteiger partial charge >= 0.3 is 0 Å². The molecule has 0 amide bonds. The lowest BCUT2D eigenvalue weighted by molar-refractivity contribution is 0.200. The molecule has 0 spiro atoms. The average molecular weight is 305 g/mol. The molecule has 3 rings (SSSR count). The molecule has 0 bridgehead atoms. The van der Waals surface area contributed by atoms with Crippen molar-refractivity contribution < 1.29 is 4.74 Å². The van der Waals surface area contributed by atoms with Gasteiger partial charge in [-0.1, -0.05) is 18.0 Å². The summed E-state index contributed by atoms with van der Waals surface area (Å²) in [5.41, 5.74) is 1.97. The van der Waals surface area contributed by atoms with Crippen molar-refractivity contribution in [3.8, 4) is 5.75 Å². The third kappa shape index (κ3) is 3.30. The Hall–Kier alpha value is -1.32. The van der Waals surface area contributed by atoms with Gasteiger partial charge in [-0.25, -0.2) is 4.98 Å². The second-order valence-corrected chi connectivity index (χ2v) is 6.35. The first kappa shape index (κ1) is 14.6. The molecule has 0 atom stereocenters. The van der Waals surface area contributed by atoms with Crippen molar-refractivity contribution in [2.45, 2.75) is 25.8 Å². The molecule has 0 saturated heterocycles. The minimum absolute atomic E-state index is 0.594. The van der Waals surface area contributed by atoms with Gasteiger partial charge in [0, 0.05) is 30.1 Å². The van der Waals surface area contributed by atoms with E-state index in [2.05, 4.69) is 23.0 Å². The molecule has 21 heavy (non-hydrogen) atoms. The van der Waals surface area contributed by atoms with Gasteiger partial charge in [-0.15, -0.1) is 0 Å². The third-order valence-corrected chi connectivity index (χ3v) is 4.61. The number of hydrogen-bond donors (Lipinski definition) is 0. The Morgan fingerprint density at radius 3 is 2.81 bits per heavy atom. The van der Waals surface area contributed by atoms with Crippen molar-refractivity contribution in [3.05, 3.63) is 35.0 Å². The number of benzene rings is 1. The van der Waals surface area contributed by atoms with Gasteiger partial charge in [0.1, 0.15) is 10.9 Å². The highest BCUT2D eigenvalue weighted by atomic mass is 35.5. The highest BCUT2D eigenvalue weighted by Gasteiger charge is 2.19. The number of ether oxygens (including phenoxy) is 1. The first-order chi connectivity index (χ1) is 10.2. The van der Waals surface area contributed by atoms with Crippen LogP contribution in [0.15, 0.2) is 24.3 Å². The number of nitrogens with zero attached hydrogens (tertiary/aromatic N) is 2. The standard InChI is InChI=1S/C17H21ClN2O/c1-20(10-12-4-3-5-12)11-14-8-13-6-7-15(21-2)9-16(13)19-17(14)18/h6-9,12H,3-5,10-11H2,1-2H3. The maximum Gasteiger partial charge on any atom is 0.134 e. The molecule has 3 nitrogen and oxygen atoms in total. The van der Waals surface area contributed by atoms with Gasteiger partial charge in [-0.2, -0.15) is 0 Å². The van der Waals surface area contributed by atoms with E-state index in [1.54, 1.807) is 7.11 Å². The molecule has 2 aromatic rings. The minimum Gasteiger partial charge on any atom is -0.497 e. The van der Waals surface area contributed by atoms with Gasteiger partial charge < -0.3 is 9.64 Å². The predicted molar refractivity (Wildman–Crippen MR) is 87.0 cm³/mol. The van der Waals surface area contributed by atoms with Crippen molar-refractivity contribution in [1.82, 2.24) is 9.88 Å². The van der Waals surface area contributed by atoms with Crippen molar-refractivity contribution >= 4 is 22.5 Å². The fourth-order valence-electron chi connectivity index (χ4n) is 2.88. The van der Waals surface area contributed by atoms with Crippen LogP contribution in [-0.2, 0) is 6.54 Å². The van der Waals surface area contributed by atoms with Crippen LogP contribution in [0.5, 0.6) is 5.75 Å². The number of aromatic nitrogens is 1. The number of methoxy groups -OCH3 is 1. The van der Waals surface area contributed by atoms with Crippen LogP contribution in [0.2, 0.25) is 5.15 Å². The van der Waals surface area contributed by atoms with Crippen LogP contribution in [0.3, 0.4) is 0 Å². The van der Waals surface area contributed by atoms with E-state index in [0.29, 0.717) is 5.15 Å².